The first-order valence-electron chi connectivity index (χ1n) is 4.85. The van der Waals surface area contributed by atoms with E-state index in [0.717, 1.165) is 12.8 Å². The molecule has 0 aromatic rings. The summed E-state index contributed by atoms with van der Waals surface area (Å²) in [6.45, 7) is 8.36. The maximum Gasteiger partial charge on any atom is 0.337 e. The van der Waals surface area contributed by atoms with Gasteiger partial charge in [0.25, 0.3) is 0 Å². The molecule has 0 saturated heterocycles. The number of rotatable bonds is 6. The predicted octanol–water partition coefficient (Wildman–Crippen LogP) is 2.14. The Labute approximate surface area is 80.4 Å². The summed E-state index contributed by atoms with van der Waals surface area (Å²) in [4.78, 5) is 11.3. The van der Waals surface area contributed by atoms with Crippen molar-refractivity contribution in [3.05, 3.63) is 0 Å². The molecule has 0 unspecified atom stereocenters. The first kappa shape index (κ1) is 12.4. The second-order valence-corrected chi connectivity index (χ2v) is 3.43. The van der Waals surface area contributed by atoms with E-state index in [0.29, 0.717) is 13.2 Å². The van der Waals surface area contributed by atoms with Gasteiger partial charge in [-0.25, -0.2) is 4.79 Å². The maximum atomic E-state index is 11.3. The van der Waals surface area contributed by atoms with Crippen LogP contribution in [0.4, 0.5) is 0 Å². The topological polar surface area (TPSA) is 35.5 Å². The summed E-state index contributed by atoms with van der Waals surface area (Å²) >= 11 is 0. The average molecular weight is 188 g/mol. The van der Waals surface area contributed by atoms with Gasteiger partial charge in [-0.15, -0.1) is 0 Å². The molecule has 0 aliphatic carbocycles. The monoisotopic (exact) mass is 188 g/mol. The van der Waals surface area contributed by atoms with Gasteiger partial charge in [0.15, 0.2) is 5.60 Å². The van der Waals surface area contributed by atoms with Crippen LogP contribution in [0.15, 0.2) is 0 Å². The first-order chi connectivity index (χ1) is 6.04. The Kier molecular flexibility index (Phi) is 5.71. The van der Waals surface area contributed by atoms with Crippen LogP contribution in [-0.4, -0.2) is 24.8 Å². The molecule has 0 aliphatic heterocycles. The molecule has 78 valence electrons. The molecule has 0 aliphatic rings. The molecule has 3 heteroatoms. The number of esters is 1. The van der Waals surface area contributed by atoms with Gasteiger partial charge in [-0.2, -0.15) is 0 Å². The van der Waals surface area contributed by atoms with Gasteiger partial charge in [0.05, 0.1) is 6.61 Å². The summed E-state index contributed by atoms with van der Waals surface area (Å²) in [6, 6.07) is 0. The van der Waals surface area contributed by atoms with Crippen molar-refractivity contribution in [3.8, 4) is 0 Å². The highest BCUT2D eigenvalue weighted by Crippen LogP contribution is 2.12. The van der Waals surface area contributed by atoms with E-state index in [1.807, 2.05) is 0 Å². The Morgan fingerprint density at radius 1 is 1.31 bits per heavy atom. The van der Waals surface area contributed by atoms with E-state index in [1.54, 1.807) is 20.8 Å². The Bertz CT molecular complexity index is 152. The molecule has 0 amide bonds. The van der Waals surface area contributed by atoms with Gasteiger partial charge in [-0.1, -0.05) is 13.3 Å². The molecule has 0 aromatic carbocycles. The van der Waals surface area contributed by atoms with E-state index in [2.05, 4.69) is 6.92 Å². The van der Waals surface area contributed by atoms with Crippen molar-refractivity contribution in [3.63, 3.8) is 0 Å². The Morgan fingerprint density at radius 3 is 2.38 bits per heavy atom. The fourth-order valence-electron chi connectivity index (χ4n) is 0.835. The molecule has 0 atom stereocenters. The fourth-order valence-corrected chi connectivity index (χ4v) is 0.835. The van der Waals surface area contributed by atoms with Crippen LogP contribution in [0.3, 0.4) is 0 Å². The van der Waals surface area contributed by atoms with Gasteiger partial charge >= 0.3 is 5.97 Å². The number of hydrogen-bond donors (Lipinski definition) is 0. The van der Waals surface area contributed by atoms with E-state index in [4.69, 9.17) is 9.47 Å². The zero-order valence-corrected chi connectivity index (χ0v) is 9.05. The summed E-state index contributed by atoms with van der Waals surface area (Å²) in [5.74, 6) is -0.286. The van der Waals surface area contributed by atoms with Crippen molar-refractivity contribution in [1.82, 2.24) is 0 Å². The Balaban J connectivity index is 3.83. The van der Waals surface area contributed by atoms with Crippen LogP contribution < -0.4 is 0 Å². The van der Waals surface area contributed by atoms with Gasteiger partial charge in [0, 0.05) is 6.61 Å². The molecule has 0 saturated carbocycles. The van der Waals surface area contributed by atoms with E-state index < -0.39 is 5.60 Å². The number of carbonyl (C=O) groups excluding carboxylic acids is 1. The van der Waals surface area contributed by atoms with Crippen molar-refractivity contribution in [2.24, 2.45) is 0 Å². The van der Waals surface area contributed by atoms with E-state index >= 15 is 0 Å². The molecule has 0 heterocycles. The molecule has 0 radical (unpaired) electrons. The maximum absolute atomic E-state index is 11.3. The predicted molar refractivity (Wildman–Crippen MR) is 51.6 cm³/mol. The second kappa shape index (κ2) is 5.97. The smallest absolute Gasteiger partial charge is 0.337 e. The van der Waals surface area contributed by atoms with Gasteiger partial charge < -0.3 is 9.47 Å². The van der Waals surface area contributed by atoms with Crippen LogP contribution in [-0.2, 0) is 14.3 Å². The van der Waals surface area contributed by atoms with Crippen LogP contribution in [0.5, 0.6) is 0 Å². The minimum Gasteiger partial charge on any atom is -0.464 e. The van der Waals surface area contributed by atoms with Crippen molar-refractivity contribution >= 4 is 5.97 Å². The lowest BCUT2D eigenvalue weighted by Crippen LogP contribution is -2.37. The van der Waals surface area contributed by atoms with Gasteiger partial charge in [0.1, 0.15) is 0 Å². The summed E-state index contributed by atoms with van der Waals surface area (Å²) in [5.41, 5.74) is -0.800. The minimum atomic E-state index is -0.800. The molecule has 0 N–H and O–H groups in total. The van der Waals surface area contributed by atoms with Gasteiger partial charge in [0.2, 0.25) is 0 Å². The third-order valence-corrected chi connectivity index (χ3v) is 1.73. The molecule has 0 fully saturated rings. The van der Waals surface area contributed by atoms with Crippen LogP contribution in [0.1, 0.15) is 40.5 Å². The number of ether oxygens (including phenoxy) is 2. The molecular formula is C10H20O3. The average Bonchev–Trinajstić information content (AvgIpc) is 2.05. The molecule has 0 bridgehead atoms. The van der Waals surface area contributed by atoms with Crippen molar-refractivity contribution in [1.29, 1.82) is 0 Å². The lowest BCUT2D eigenvalue weighted by molar-refractivity contribution is -0.167. The van der Waals surface area contributed by atoms with Crippen LogP contribution in [0.25, 0.3) is 0 Å². The summed E-state index contributed by atoms with van der Waals surface area (Å²) < 4.78 is 10.3. The third-order valence-electron chi connectivity index (χ3n) is 1.73. The van der Waals surface area contributed by atoms with Crippen LogP contribution in [0, 0.1) is 0 Å². The van der Waals surface area contributed by atoms with Crippen molar-refractivity contribution in [2.75, 3.05) is 13.2 Å². The highest BCUT2D eigenvalue weighted by atomic mass is 16.6. The largest absolute Gasteiger partial charge is 0.464 e. The molecule has 13 heavy (non-hydrogen) atoms. The lowest BCUT2D eigenvalue weighted by atomic mass is 10.1. The standard InChI is InChI=1S/C10H20O3/c1-5-7-8-13-10(3,4)9(11)12-6-2/h5-8H2,1-4H3. The van der Waals surface area contributed by atoms with Crippen molar-refractivity contribution in [2.45, 2.75) is 46.1 Å². The fraction of sp³-hybridized carbons (Fsp3) is 0.900. The normalized spacial score (nSPS) is 11.4. The molecule has 0 aromatic heterocycles. The number of hydrogen-bond acceptors (Lipinski definition) is 3. The summed E-state index contributed by atoms with van der Waals surface area (Å²) in [7, 11) is 0. The summed E-state index contributed by atoms with van der Waals surface area (Å²) in [5, 5.41) is 0. The number of carbonyl (C=O) groups is 1. The van der Waals surface area contributed by atoms with E-state index in [-0.39, 0.29) is 5.97 Å². The zero-order chi connectivity index (χ0) is 10.3. The highest BCUT2D eigenvalue weighted by Gasteiger charge is 2.29. The van der Waals surface area contributed by atoms with E-state index in [1.165, 1.54) is 0 Å². The number of unbranched alkanes of at least 4 members (excludes halogenated alkanes) is 1. The molecular weight excluding hydrogens is 168 g/mol. The summed E-state index contributed by atoms with van der Waals surface area (Å²) in [6.07, 6.45) is 2.04. The molecule has 3 nitrogen and oxygen atoms in total. The zero-order valence-electron chi connectivity index (χ0n) is 9.05. The van der Waals surface area contributed by atoms with Gasteiger partial charge in [-0.05, 0) is 27.2 Å². The highest BCUT2D eigenvalue weighted by molar-refractivity contribution is 5.78. The minimum absolute atomic E-state index is 0.286. The molecule has 0 spiro atoms. The third kappa shape index (κ3) is 4.88. The second-order valence-electron chi connectivity index (χ2n) is 3.43. The van der Waals surface area contributed by atoms with E-state index in [9.17, 15) is 4.79 Å². The van der Waals surface area contributed by atoms with Gasteiger partial charge in [-0.3, -0.25) is 0 Å². The Morgan fingerprint density at radius 2 is 1.92 bits per heavy atom. The quantitative estimate of drug-likeness (QED) is 0.473. The Hall–Kier alpha value is -0.570. The van der Waals surface area contributed by atoms with Crippen molar-refractivity contribution < 1.29 is 14.3 Å². The van der Waals surface area contributed by atoms with Crippen LogP contribution in [0.2, 0.25) is 0 Å². The van der Waals surface area contributed by atoms with Crippen LogP contribution >= 0.6 is 0 Å². The molecule has 0 rings (SSSR count). The first-order valence-corrected chi connectivity index (χ1v) is 4.85. The SMILES string of the molecule is CCCCOC(C)(C)C(=O)OCC. The lowest BCUT2D eigenvalue weighted by Gasteiger charge is -2.22.